The van der Waals surface area contributed by atoms with Gasteiger partial charge in [0.15, 0.2) is 0 Å². The molecule has 1 fully saturated rings. The SMILES string of the molecule is O=C(Cc1ccn[nH]1)N1CCNCC1c1cccc(F)c1. The number of hydrogen-bond acceptors (Lipinski definition) is 3. The van der Waals surface area contributed by atoms with Gasteiger partial charge in [0.05, 0.1) is 12.5 Å². The summed E-state index contributed by atoms with van der Waals surface area (Å²) in [5.74, 6) is -0.256. The van der Waals surface area contributed by atoms with E-state index >= 15 is 0 Å². The van der Waals surface area contributed by atoms with E-state index < -0.39 is 0 Å². The predicted molar refractivity (Wildman–Crippen MR) is 76.0 cm³/mol. The molecule has 3 rings (SSSR count). The van der Waals surface area contributed by atoms with Crippen molar-refractivity contribution in [3.63, 3.8) is 0 Å². The van der Waals surface area contributed by atoms with Gasteiger partial charge in [-0.05, 0) is 23.8 Å². The topological polar surface area (TPSA) is 61.0 Å². The van der Waals surface area contributed by atoms with E-state index in [0.29, 0.717) is 13.1 Å². The fourth-order valence-corrected chi connectivity index (χ4v) is 2.66. The first-order valence-electron chi connectivity index (χ1n) is 6.98. The first-order chi connectivity index (χ1) is 10.2. The van der Waals surface area contributed by atoms with Crippen molar-refractivity contribution in [3.05, 3.63) is 53.6 Å². The maximum Gasteiger partial charge on any atom is 0.229 e. The number of aromatic amines is 1. The molecule has 0 saturated carbocycles. The second-order valence-corrected chi connectivity index (χ2v) is 5.12. The van der Waals surface area contributed by atoms with E-state index in [4.69, 9.17) is 0 Å². The summed E-state index contributed by atoms with van der Waals surface area (Å²) < 4.78 is 13.4. The van der Waals surface area contributed by atoms with Crippen molar-refractivity contribution in [3.8, 4) is 0 Å². The number of halogens is 1. The number of aromatic nitrogens is 2. The van der Waals surface area contributed by atoms with Crippen LogP contribution in [0.4, 0.5) is 4.39 Å². The zero-order valence-corrected chi connectivity index (χ0v) is 11.6. The number of carbonyl (C=O) groups is 1. The number of rotatable bonds is 3. The molecule has 0 bridgehead atoms. The molecule has 6 heteroatoms. The molecule has 2 heterocycles. The highest BCUT2D eigenvalue weighted by atomic mass is 19.1. The summed E-state index contributed by atoms with van der Waals surface area (Å²) in [4.78, 5) is 14.3. The van der Waals surface area contributed by atoms with E-state index in [0.717, 1.165) is 17.8 Å². The van der Waals surface area contributed by atoms with Gasteiger partial charge < -0.3 is 10.2 Å². The predicted octanol–water partition coefficient (Wildman–Crippen LogP) is 1.26. The van der Waals surface area contributed by atoms with E-state index in [1.54, 1.807) is 18.3 Å². The first-order valence-corrected chi connectivity index (χ1v) is 6.98. The molecular formula is C15H17FN4O. The zero-order chi connectivity index (χ0) is 14.7. The summed E-state index contributed by atoms with van der Waals surface area (Å²) in [5.41, 5.74) is 1.61. The van der Waals surface area contributed by atoms with Crippen molar-refractivity contribution in [1.82, 2.24) is 20.4 Å². The Balaban J connectivity index is 1.79. The van der Waals surface area contributed by atoms with Crippen LogP contribution in [-0.2, 0) is 11.2 Å². The molecule has 0 radical (unpaired) electrons. The molecule has 110 valence electrons. The van der Waals surface area contributed by atoms with Crippen LogP contribution in [0.5, 0.6) is 0 Å². The van der Waals surface area contributed by atoms with Crippen LogP contribution < -0.4 is 5.32 Å². The number of H-pyrrole nitrogens is 1. The van der Waals surface area contributed by atoms with Gasteiger partial charge in [-0.2, -0.15) is 5.10 Å². The molecule has 1 aliphatic heterocycles. The Kier molecular flexibility index (Phi) is 3.96. The van der Waals surface area contributed by atoms with Gasteiger partial charge in [0, 0.05) is 31.5 Å². The highest BCUT2D eigenvalue weighted by Crippen LogP contribution is 2.23. The number of piperazine rings is 1. The molecule has 0 aliphatic carbocycles. The minimum absolute atomic E-state index is 0.0232. The maximum absolute atomic E-state index is 13.4. The van der Waals surface area contributed by atoms with Gasteiger partial charge in [-0.15, -0.1) is 0 Å². The summed E-state index contributed by atoms with van der Waals surface area (Å²) in [6.45, 7) is 2.01. The monoisotopic (exact) mass is 288 g/mol. The number of nitrogens with one attached hydrogen (secondary N) is 2. The molecule has 0 spiro atoms. The van der Waals surface area contributed by atoms with E-state index in [1.807, 2.05) is 11.0 Å². The van der Waals surface area contributed by atoms with Crippen LogP contribution in [0.1, 0.15) is 17.3 Å². The van der Waals surface area contributed by atoms with Crippen molar-refractivity contribution in [2.45, 2.75) is 12.5 Å². The average Bonchev–Trinajstić information content (AvgIpc) is 3.00. The van der Waals surface area contributed by atoms with Crippen LogP contribution in [0.2, 0.25) is 0 Å². The molecule has 2 aromatic rings. The van der Waals surface area contributed by atoms with Gasteiger partial charge in [-0.25, -0.2) is 4.39 Å². The molecule has 1 atom stereocenters. The largest absolute Gasteiger partial charge is 0.333 e. The molecular weight excluding hydrogens is 271 g/mol. The van der Waals surface area contributed by atoms with Gasteiger partial charge in [0.1, 0.15) is 5.82 Å². The molecule has 1 unspecified atom stereocenters. The lowest BCUT2D eigenvalue weighted by Crippen LogP contribution is -2.49. The first kappa shape index (κ1) is 13.8. The normalized spacial score (nSPS) is 18.7. The molecule has 2 N–H and O–H groups in total. The van der Waals surface area contributed by atoms with Crippen molar-refractivity contribution in [2.75, 3.05) is 19.6 Å². The third kappa shape index (κ3) is 3.11. The van der Waals surface area contributed by atoms with Crippen LogP contribution in [0, 0.1) is 5.82 Å². The standard InChI is InChI=1S/C15H17FN4O/c16-12-3-1-2-11(8-12)14-10-17-6-7-20(14)15(21)9-13-4-5-18-19-13/h1-5,8,14,17H,6-7,9-10H2,(H,18,19). The second kappa shape index (κ2) is 6.05. The molecule has 1 saturated heterocycles. The van der Waals surface area contributed by atoms with Gasteiger partial charge in [0.2, 0.25) is 5.91 Å². The Morgan fingerprint density at radius 3 is 3.10 bits per heavy atom. The van der Waals surface area contributed by atoms with Crippen LogP contribution in [0.25, 0.3) is 0 Å². The van der Waals surface area contributed by atoms with Crippen LogP contribution >= 0.6 is 0 Å². The fraction of sp³-hybridized carbons (Fsp3) is 0.333. The third-order valence-corrected chi connectivity index (χ3v) is 3.70. The van der Waals surface area contributed by atoms with Gasteiger partial charge in [-0.1, -0.05) is 12.1 Å². The molecule has 1 aromatic heterocycles. The van der Waals surface area contributed by atoms with Crippen molar-refractivity contribution >= 4 is 5.91 Å². The molecule has 21 heavy (non-hydrogen) atoms. The van der Waals surface area contributed by atoms with Gasteiger partial charge >= 0.3 is 0 Å². The number of nitrogens with zero attached hydrogens (tertiary/aromatic N) is 2. The number of hydrogen-bond donors (Lipinski definition) is 2. The average molecular weight is 288 g/mol. The molecule has 5 nitrogen and oxygen atoms in total. The second-order valence-electron chi connectivity index (χ2n) is 5.12. The Bertz CT molecular complexity index is 614. The summed E-state index contributed by atoms with van der Waals surface area (Å²) in [7, 11) is 0. The van der Waals surface area contributed by atoms with Crippen LogP contribution in [-0.4, -0.2) is 40.6 Å². The zero-order valence-electron chi connectivity index (χ0n) is 11.6. The lowest BCUT2D eigenvalue weighted by molar-refractivity contribution is -0.133. The lowest BCUT2D eigenvalue weighted by Gasteiger charge is -2.36. The van der Waals surface area contributed by atoms with Crippen molar-refractivity contribution in [1.29, 1.82) is 0 Å². The minimum Gasteiger partial charge on any atom is -0.333 e. The molecule has 1 aromatic carbocycles. The van der Waals surface area contributed by atoms with E-state index in [2.05, 4.69) is 15.5 Å². The Morgan fingerprint density at radius 2 is 2.33 bits per heavy atom. The Morgan fingerprint density at radius 1 is 1.43 bits per heavy atom. The fourth-order valence-electron chi connectivity index (χ4n) is 2.66. The Hall–Kier alpha value is -2.21. The Labute approximate surface area is 122 Å². The van der Waals surface area contributed by atoms with Crippen LogP contribution in [0.3, 0.4) is 0 Å². The summed E-state index contributed by atoms with van der Waals surface area (Å²) in [6.07, 6.45) is 1.91. The van der Waals surface area contributed by atoms with E-state index in [1.165, 1.54) is 12.1 Å². The van der Waals surface area contributed by atoms with Gasteiger partial charge in [-0.3, -0.25) is 9.89 Å². The molecule has 1 aliphatic rings. The lowest BCUT2D eigenvalue weighted by atomic mass is 10.0. The van der Waals surface area contributed by atoms with Crippen molar-refractivity contribution < 1.29 is 9.18 Å². The number of benzene rings is 1. The smallest absolute Gasteiger partial charge is 0.229 e. The van der Waals surface area contributed by atoms with Crippen molar-refractivity contribution in [2.24, 2.45) is 0 Å². The highest BCUT2D eigenvalue weighted by Gasteiger charge is 2.28. The van der Waals surface area contributed by atoms with Gasteiger partial charge in [0.25, 0.3) is 0 Å². The maximum atomic E-state index is 13.4. The summed E-state index contributed by atoms with van der Waals surface area (Å²) >= 11 is 0. The third-order valence-electron chi connectivity index (χ3n) is 3.70. The molecule has 1 amide bonds. The van der Waals surface area contributed by atoms with E-state index in [-0.39, 0.29) is 24.2 Å². The number of amides is 1. The summed E-state index contributed by atoms with van der Waals surface area (Å²) in [5, 5.41) is 9.91. The van der Waals surface area contributed by atoms with Crippen LogP contribution in [0.15, 0.2) is 36.5 Å². The quantitative estimate of drug-likeness (QED) is 0.894. The van der Waals surface area contributed by atoms with E-state index in [9.17, 15) is 9.18 Å². The highest BCUT2D eigenvalue weighted by molar-refractivity contribution is 5.79. The minimum atomic E-state index is -0.279. The summed E-state index contributed by atoms with van der Waals surface area (Å²) in [6, 6.07) is 8.10. The number of carbonyl (C=O) groups excluding carboxylic acids is 1.